The maximum atomic E-state index is 12.3. The minimum atomic E-state index is -0.872. The van der Waals surface area contributed by atoms with Gasteiger partial charge >= 0.3 is 0 Å². The van der Waals surface area contributed by atoms with Crippen molar-refractivity contribution in [1.82, 2.24) is 15.1 Å². The summed E-state index contributed by atoms with van der Waals surface area (Å²) in [7, 11) is -0.872. The Balaban J connectivity index is 0.00000364. The zero-order chi connectivity index (χ0) is 18.8. The predicted molar refractivity (Wildman–Crippen MR) is 127 cm³/mol. The summed E-state index contributed by atoms with van der Waals surface area (Å²) in [5.41, 5.74) is 1.13. The number of hydrogen-bond acceptors (Lipinski definition) is 3. The highest BCUT2D eigenvalue weighted by molar-refractivity contribution is 14.0. The molecule has 0 aliphatic carbocycles. The highest BCUT2D eigenvalue weighted by atomic mass is 127. The Morgan fingerprint density at radius 3 is 2.59 bits per heavy atom. The lowest BCUT2D eigenvalue weighted by Gasteiger charge is -2.27. The van der Waals surface area contributed by atoms with Crippen LogP contribution in [-0.4, -0.2) is 71.0 Å². The first kappa shape index (κ1) is 24.4. The van der Waals surface area contributed by atoms with Gasteiger partial charge in [-0.3, -0.25) is 14.1 Å². The van der Waals surface area contributed by atoms with E-state index in [0.29, 0.717) is 24.1 Å². The number of nitrogens with zero attached hydrogens (tertiary/aromatic N) is 3. The van der Waals surface area contributed by atoms with E-state index in [0.717, 1.165) is 44.2 Å². The molecule has 154 valence electrons. The molecule has 1 aromatic rings. The third-order valence-corrected chi connectivity index (χ3v) is 6.17. The van der Waals surface area contributed by atoms with Crippen LogP contribution < -0.4 is 5.32 Å². The van der Waals surface area contributed by atoms with Crippen molar-refractivity contribution in [3.05, 3.63) is 35.9 Å². The Bertz CT molecular complexity index is 581. The minimum absolute atomic E-state index is 0. The Kier molecular flexibility index (Phi) is 12.2. The molecule has 0 spiro atoms. The van der Waals surface area contributed by atoms with Crippen LogP contribution >= 0.6 is 24.0 Å². The third-order valence-electron chi connectivity index (χ3n) is 4.88. The largest absolute Gasteiger partial charge is 0.357 e. The van der Waals surface area contributed by atoms with Gasteiger partial charge in [-0.25, -0.2) is 0 Å². The minimum Gasteiger partial charge on any atom is -0.357 e. The van der Waals surface area contributed by atoms with Gasteiger partial charge in [-0.1, -0.05) is 44.2 Å². The van der Waals surface area contributed by atoms with Crippen molar-refractivity contribution in [2.24, 2.45) is 4.99 Å². The predicted octanol–water partition coefficient (Wildman–Crippen LogP) is 2.93. The fourth-order valence-corrected chi connectivity index (χ4v) is 4.49. The molecule has 1 aromatic carbocycles. The molecule has 1 N–H and O–H groups in total. The number of hydrogen-bond donors (Lipinski definition) is 1. The van der Waals surface area contributed by atoms with Gasteiger partial charge in [0, 0.05) is 48.0 Å². The van der Waals surface area contributed by atoms with Gasteiger partial charge in [-0.05, 0) is 32.0 Å². The summed E-state index contributed by atoms with van der Waals surface area (Å²) in [6.45, 7) is 12.3. The highest BCUT2D eigenvalue weighted by Crippen LogP contribution is 2.15. The number of nitrogens with one attached hydrogen (secondary N) is 1. The van der Waals surface area contributed by atoms with Crippen LogP contribution in [0.15, 0.2) is 35.3 Å². The average Bonchev–Trinajstić information content (AvgIpc) is 3.12. The second-order valence-electron chi connectivity index (χ2n) is 6.62. The van der Waals surface area contributed by atoms with Gasteiger partial charge in [0.25, 0.3) is 0 Å². The van der Waals surface area contributed by atoms with E-state index in [-0.39, 0.29) is 24.0 Å². The van der Waals surface area contributed by atoms with Gasteiger partial charge in [0.2, 0.25) is 0 Å². The summed E-state index contributed by atoms with van der Waals surface area (Å²) < 4.78 is 12.3. The van der Waals surface area contributed by atoms with Crippen LogP contribution in [0.5, 0.6) is 0 Å². The van der Waals surface area contributed by atoms with Crippen molar-refractivity contribution in [3.8, 4) is 0 Å². The van der Waals surface area contributed by atoms with Crippen LogP contribution in [0, 0.1) is 0 Å². The van der Waals surface area contributed by atoms with Gasteiger partial charge in [-0.15, -0.1) is 24.0 Å². The lowest BCUT2D eigenvalue weighted by molar-refractivity contribution is 0.223. The number of rotatable bonds is 9. The first-order valence-electron chi connectivity index (χ1n) is 9.84. The average molecular weight is 506 g/mol. The number of halogens is 1. The van der Waals surface area contributed by atoms with Crippen LogP contribution in [0.25, 0.3) is 0 Å². The topological polar surface area (TPSA) is 47.9 Å². The summed E-state index contributed by atoms with van der Waals surface area (Å²) in [6.07, 6.45) is 1.19. The van der Waals surface area contributed by atoms with Crippen LogP contribution in [0.3, 0.4) is 0 Å². The fraction of sp³-hybridized carbons (Fsp3) is 0.650. The summed E-state index contributed by atoms with van der Waals surface area (Å²) >= 11 is 0. The van der Waals surface area contributed by atoms with Crippen LogP contribution in [0.4, 0.5) is 0 Å². The molecule has 2 unspecified atom stereocenters. The van der Waals surface area contributed by atoms with Gasteiger partial charge < -0.3 is 10.2 Å². The van der Waals surface area contributed by atoms with Gasteiger partial charge in [0.05, 0.1) is 6.54 Å². The summed E-state index contributed by atoms with van der Waals surface area (Å²) in [5, 5.41) is 3.40. The molecule has 1 heterocycles. The molecule has 5 nitrogen and oxygen atoms in total. The van der Waals surface area contributed by atoms with Crippen molar-refractivity contribution < 1.29 is 4.21 Å². The number of likely N-dealkylation sites (tertiary alicyclic amines) is 1. The van der Waals surface area contributed by atoms with Crippen LogP contribution in [0.1, 0.15) is 32.8 Å². The van der Waals surface area contributed by atoms with Gasteiger partial charge in [0.1, 0.15) is 0 Å². The maximum absolute atomic E-state index is 12.3. The molecule has 2 atom stereocenters. The van der Waals surface area contributed by atoms with Crippen LogP contribution in [0.2, 0.25) is 0 Å². The number of aliphatic imine (C=N–C) groups is 1. The van der Waals surface area contributed by atoms with E-state index in [1.165, 1.54) is 6.42 Å². The molecule has 1 aliphatic rings. The summed E-state index contributed by atoms with van der Waals surface area (Å²) in [6, 6.07) is 10.6. The molecule has 27 heavy (non-hydrogen) atoms. The molecule has 1 fully saturated rings. The van der Waals surface area contributed by atoms with Crippen molar-refractivity contribution in [3.63, 3.8) is 0 Å². The van der Waals surface area contributed by atoms with Crippen molar-refractivity contribution in [1.29, 1.82) is 0 Å². The molecular weight excluding hydrogens is 471 g/mol. The van der Waals surface area contributed by atoms with Crippen LogP contribution in [-0.2, 0) is 16.6 Å². The standard InChI is InChI=1S/C20H34N4OS.HI/c1-4-21-20(24-14-12-19(16-24)23(5-2)6-3)22-13-15-26(25)17-18-10-8-7-9-11-18;/h7-11,19H,4-6,12-17H2,1-3H3,(H,21,22);1H. The summed E-state index contributed by atoms with van der Waals surface area (Å²) in [5.74, 6) is 2.19. The molecular formula is C20H35IN4OS. The van der Waals surface area contributed by atoms with Crippen molar-refractivity contribution >= 4 is 40.7 Å². The Hall–Kier alpha value is -0.670. The number of benzene rings is 1. The molecule has 1 aliphatic heterocycles. The molecule has 0 radical (unpaired) electrons. The highest BCUT2D eigenvalue weighted by Gasteiger charge is 2.27. The molecule has 7 heteroatoms. The Morgan fingerprint density at radius 1 is 1.26 bits per heavy atom. The van der Waals surface area contributed by atoms with E-state index in [4.69, 9.17) is 4.99 Å². The van der Waals surface area contributed by atoms with E-state index in [1.54, 1.807) is 0 Å². The molecule has 0 aromatic heterocycles. The first-order chi connectivity index (χ1) is 12.7. The smallest absolute Gasteiger partial charge is 0.193 e. The van der Waals surface area contributed by atoms with Crippen molar-refractivity contribution in [2.45, 2.75) is 39.0 Å². The Morgan fingerprint density at radius 2 is 1.96 bits per heavy atom. The SMILES string of the molecule is CCNC(=NCCS(=O)Cc1ccccc1)N1CCC(N(CC)CC)C1.I. The lowest BCUT2D eigenvalue weighted by atomic mass is 10.2. The molecule has 1 saturated heterocycles. The van der Waals surface area contributed by atoms with Gasteiger partial charge in [0.15, 0.2) is 5.96 Å². The monoisotopic (exact) mass is 506 g/mol. The number of likely N-dealkylation sites (N-methyl/N-ethyl adjacent to an activating group) is 1. The van der Waals surface area contributed by atoms with Gasteiger partial charge in [-0.2, -0.15) is 0 Å². The maximum Gasteiger partial charge on any atom is 0.193 e. The second kappa shape index (κ2) is 13.5. The first-order valence-corrected chi connectivity index (χ1v) is 11.3. The zero-order valence-corrected chi connectivity index (χ0v) is 20.0. The molecule has 0 amide bonds. The molecule has 0 bridgehead atoms. The number of guanidine groups is 1. The fourth-order valence-electron chi connectivity index (χ4n) is 3.48. The molecule has 2 rings (SSSR count). The van der Waals surface area contributed by atoms with E-state index in [9.17, 15) is 4.21 Å². The van der Waals surface area contributed by atoms with E-state index in [2.05, 4.69) is 35.9 Å². The quantitative estimate of drug-likeness (QED) is 0.318. The van der Waals surface area contributed by atoms with E-state index >= 15 is 0 Å². The zero-order valence-electron chi connectivity index (χ0n) is 16.9. The normalized spacial score (nSPS) is 18.4. The third kappa shape index (κ3) is 8.07. The lowest BCUT2D eigenvalue weighted by Crippen LogP contribution is -2.43. The Labute approximate surface area is 184 Å². The molecule has 0 saturated carbocycles. The van der Waals surface area contributed by atoms with E-state index < -0.39 is 10.8 Å². The summed E-state index contributed by atoms with van der Waals surface area (Å²) in [4.78, 5) is 9.62. The van der Waals surface area contributed by atoms with Crippen molar-refractivity contribution in [2.75, 3.05) is 45.0 Å². The second-order valence-corrected chi connectivity index (χ2v) is 8.20. The van der Waals surface area contributed by atoms with E-state index in [1.807, 2.05) is 30.3 Å².